The molecule has 138 valence electrons. The Bertz CT molecular complexity index is 754. The van der Waals surface area contributed by atoms with E-state index >= 15 is 0 Å². The maximum Gasteiger partial charge on any atom is 0.251 e. The second kappa shape index (κ2) is 9.61. The Kier molecular flexibility index (Phi) is 7.21. The first-order valence-corrected chi connectivity index (χ1v) is 8.99. The molecule has 0 aliphatic rings. The Labute approximate surface area is 155 Å². The third-order valence-electron chi connectivity index (χ3n) is 4.21. The zero-order chi connectivity index (χ0) is 18.9. The fourth-order valence-corrected chi connectivity index (χ4v) is 2.43. The minimum Gasteiger partial charge on any atom is -0.376 e. The van der Waals surface area contributed by atoms with Crippen molar-refractivity contribution in [3.8, 4) is 0 Å². The van der Waals surface area contributed by atoms with Crippen LogP contribution in [0.25, 0.3) is 0 Å². The first-order chi connectivity index (χ1) is 12.5. The number of hydrogen-bond donors (Lipinski definition) is 3. The van der Waals surface area contributed by atoms with Gasteiger partial charge in [0.05, 0.1) is 6.54 Å². The molecule has 0 aliphatic heterocycles. The fourth-order valence-electron chi connectivity index (χ4n) is 2.43. The van der Waals surface area contributed by atoms with Crippen LogP contribution in [0.2, 0.25) is 0 Å². The van der Waals surface area contributed by atoms with Gasteiger partial charge >= 0.3 is 0 Å². The second-order valence-corrected chi connectivity index (χ2v) is 6.39. The van der Waals surface area contributed by atoms with Crippen LogP contribution >= 0.6 is 0 Å². The molecule has 0 saturated heterocycles. The molecule has 0 unspecified atom stereocenters. The minimum absolute atomic E-state index is 0.0718. The van der Waals surface area contributed by atoms with E-state index in [1.807, 2.05) is 32.0 Å². The molecule has 2 aromatic rings. The molecule has 0 saturated carbocycles. The maximum atomic E-state index is 12.1. The molecule has 0 aromatic heterocycles. The van der Waals surface area contributed by atoms with Crippen molar-refractivity contribution in [1.29, 1.82) is 0 Å². The van der Waals surface area contributed by atoms with Gasteiger partial charge in [-0.15, -0.1) is 0 Å². The van der Waals surface area contributed by atoms with E-state index in [4.69, 9.17) is 0 Å². The molecule has 2 amide bonds. The van der Waals surface area contributed by atoms with Gasteiger partial charge in [-0.2, -0.15) is 0 Å². The third-order valence-corrected chi connectivity index (χ3v) is 4.21. The van der Waals surface area contributed by atoms with Gasteiger partial charge in [0.15, 0.2) is 0 Å². The third kappa shape index (κ3) is 5.92. The van der Waals surface area contributed by atoms with Crippen LogP contribution in [0.4, 0.5) is 11.4 Å². The molecule has 3 N–H and O–H groups in total. The first kappa shape index (κ1) is 19.5. The molecule has 0 radical (unpaired) electrons. The highest BCUT2D eigenvalue weighted by atomic mass is 16.2. The summed E-state index contributed by atoms with van der Waals surface area (Å²) >= 11 is 0. The Morgan fingerprint density at radius 2 is 1.62 bits per heavy atom. The Hall–Kier alpha value is -2.82. The molecule has 5 nitrogen and oxygen atoms in total. The standard InChI is InChI=1S/C21H27N3O2/c1-4-5-12-22-21(26)17-7-10-18(11-8-17)23-14-20(25)24-19-9-6-15(2)16(3)13-19/h6-11,13,23H,4-5,12,14H2,1-3H3,(H,22,26)(H,24,25). The van der Waals surface area contributed by atoms with Gasteiger partial charge in [0.2, 0.25) is 5.91 Å². The molecule has 0 aliphatic carbocycles. The summed E-state index contributed by atoms with van der Waals surface area (Å²) in [5.41, 5.74) is 4.54. The van der Waals surface area contributed by atoms with E-state index < -0.39 is 0 Å². The van der Waals surface area contributed by atoms with Crippen molar-refractivity contribution in [2.24, 2.45) is 0 Å². The number of rotatable bonds is 8. The number of anilines is 2. The van der Waals surface area contributed by atoms with Gasteiger partial charge in [-0.05, 0) is 67.8 Å². The Balaban J connectivity index is 1.82. The zero-order valence-corrected chi connectivity index (χ0v) is 15.7. The SMILES string of the molecule is CCCCNC(=O)c1ccc(NCC(=O)Nc2ccc(C)c(C)c2)cc1. The number of hydrogen-bond acceptors (Lipinski definition) is 3. The topological polar surface area (TPSA) is 70.2 Å². The number of amides is 2. The van der Waals surface area contributed by atoms with Gasteiger partial charge in [-0.25, -0.2) is 0 Å². The van der Waals surface area contributed by atoms with E-state index in [2.05, 4.69) is 22.9 Å². The lowest BCUT2D eigenvalue weighted by atomic mass is 10.1. The van der Waals surface area contributed by atoms with Gasteiger partial charge in [-0.1, -0.05) is 19.4 Å². The lowest BCUT2D eigenvalue weighted by Crippen LogP contribution is -2.24. The monoisotopic (exact) mass is 353 g/mol. The van der Waals surface area contributed by atoms with E-state index in [0.29, 0.717) is 12.1 Å². The zero-order valence-electron chi connectivity index (χ0n) is 15.7. The normalized spacial score (nSPS) is 10.3. The van der Waals surface area contributed by atoms with Gasteiger partial charge in [0.1, 0.15) is 0 Å². The smallest absolute Gasteiger partial charge is 0.251 e. The molecule has 0 heterocycles. The number of unbranched alkanes of at least 4 members (excludes halogenated alkanes) is 1. The van der Waals surface area contributed by atoms with E-state index in [1.54, 1.807) is 24.3 Å². The van der Waals surface area contributed by atoms with E-state index in [0.717, 1.165) is 29.8 Å². The summed E-state index contributed by atoms with van der Waals surface area (Å²) in [6.45, 7) is 6.99. The van der Waals surface area contributed by atoms with Crippen LogP contribution < -0.4 is 16.0 Å². The number of carbonyl (C=O) groups excluding carboxylic acids is 2. The molecule has 26 heavy (non-hydrogen) atoms. The lowest BCUT2D eigenvalue weighted by Gasteiger charge is -2.10. The van der Waals surface area contributed by atoms with Crippen LogP contribution in [-0.4, -0.2) is 24.9 Å². The summed E-state index contributed by atoms with van der Waals surface area (Å²) in [6, 6.07) is 13.0. The van der Waals surface area contributed by atoms with Gasteiger partial charge in [-0.3, -0.25) is 9.59 Å². The maximum absolute atomic E-state index is 12.1. The Morgan fingerprint density at radius 1 is 0.923 bits per heavy atom. The van der Waals surface area contributed by atoms with E-state index in [9.17, 15) is 9.59 Å². The van der Waals surface area contributed by atoms with Gasteiger partial charge in [0.25, 0.3) is 5.91 Å². The number of carbonyl (C=O) groups is 2. The number of nitrogens with one attached hydrogen (secondary N) is 3. The highest BCUT2D eigenvalue weighted by molar-refractivity contribution is 5.95. The predicted molar refractivity (Wildman–Crippen MR) is 107 cm³/mol. The van der Waals surface area contributed by atoms with Crippen LogP contribution in [0.3, 0.4) is 0 Å². The second-order valence-electron chi connectivity index (χ2n) is 6.39. The molecule has 2 aromatic carbocycles. The molecule has 0 atom stereocenters. The van der Waals surface area contributed by atoms with Gasteiger partial charge < -0.3 is 16.0 Å². The minimum atomic E-state index is -0.116. The average Bonchev–Trinajstić information content (AvgIpc) is 2.63. The van der Waals surface area contributed by atoms with Crippen molar-refractivity contribution in [2.45, 2.75) is 33.6 Å². The lowest BCUT2D eigenvalue weighted by molar-refractivity contribution is -0.114. The number of aryl methyl sites for hydroxylation is 2. The van der Waals surface area contributed by atoms with E-state index in [1.165, 1.54) is 5.56 Å². The average molecular weight is 353 g/mol. The molecule has 5 heteroatoms. The van der Waals surface area contributed by atoms with Crippen molar-refractivity contribution in [3.63, 3.8) is 0 Å². The van der Waals surface area contributed by atoms with E-state index in [-0.39, 0.29) is 18.4 Å². The van der Waals surface area contributed by atoms with Crippen molar-refractivity contribution in [1.82, 2.24) is 5.32 Å². The number of benzene rings is 2. The molecule has 2 rings (SSSR count). The summed E-state index contributed by atoms with van der Waals surface area (Å²) in [7, 11) is 0. The summed E-state index contributed by atoms with van der Waals surface area (Å²) in [5.74, 6) is -0.188. The molecule has 0 spiro atoms. The highest BCUT2D eigenvalue weighted by Gasteiger charge is 2.06. The summed E-state index contributed by atoms with van der Waals surface area (Å²) in [5, 5.41) is 8.82. The molecular weight excluding hydrogens is 326 g/mol. The van der Waals surface area contributed by atoms with Crippen LogP contribution in [-0.2, 0) is 4.79 Å². The molecule has 0 fully saturated rings. The van der Waals surface area contributed by atoms with Crippen molar-refractivity contribution < 1.29 is 9.59 Å². The fraction of sp³-hybridized carbons (Fsp3) is 0.333. The van der Waals surface area contributed by atoms with Crippen molar-refractivity contribution >= 4 is 23.2 Å². The molecule has 0 bridgehead atoms. The van der Waals surface area contributed by atoms with Crippen molar-refractivity contribution in [3.05, 3.63) is 59.2 Å². The Morgan fingerprint density at radius 3 is 2.27 bits per heavy atom. The van der Waals surface area contributed by atoms with Crippen LogP contribution in [0.15, 0.2) is 42.5 Å². The largest absolute Gasteiger partial charge is 0.376 e. The summed E-state index contributed by atoms with van der Waals surface area (Å²) < 4.78 is 0. The highest BCUT2D eigenvalue weighted by Crippen LogP contribution is 2.14. The van der Waals surface area contributed by atoms with Crippen LogP contribution in [0, 0.1) is 13.8 Å². The van der Waals surface area contributed by atoms with Crippen LogP contribution in [0.1, 0.15) is 41.3 Å². The quantitative estimate of drug-likeness (QED) is 0.631. The van der Waals surface area contributed by atoms with Gasteiger partial charge in [0, 0.05) is 23.5 Å². The summed E-state index contributed by atoms with van der Waals surface area (Å²) in [6.07, 6.45) is 2.02. The predicted octanol–water partition coefficient (Wildman–Crippen LogP) is 3.88. The first-order valence-electron chi connectivity index (χ1n) is 8.99. The van der Waals surface area contributed by atoms with Crippen molar-refractivity contribution in [2.75, 3.05) is 23.7 Å². The molecular formula is C21H27N3O2. The summed E-state index contributed by atoms with van der Waals surface area (Å²) in [4.78, 5) is 24.0. The van der Waals surface area contributed by atoms with Crippen LogP contribution in [0.5, 0.6) is 0 Å².